The molecule has 18 heavy (non-hydrogen) atoms. The molecule has 96 valence electrons. The average Bonchev–Trinajstić information content (AvgIpc) is 2.90. The molecule has 1 nitrogen and oxygen atoms in total. The zero-order valence-electron chi connectivity index (χ0n) is 11.1. The van der Waals surface area contributed by atoms with Gasteiger partial charge in [-0.2, -0.15) is 11.3 Å². The quantitative estimate of drug-likeness (QED) is 0.859. The first-order valence-corrected chi connectivity index (χ1v) is 7.45. The number of thiophene rings is 1. The van der Waals surface area contributed by atoms with E-state index in [1.807, 2.05) is 0 Å². The van der Waals surface area contributed by atoms with E-state index >= 15 is 0 Å². The fourth-order valence-electron chi connectivity index (χ4n) is 2.10. The lowest BCUT2D eigenvalue weighted by Gasteiger charge is -2.25. The van der Waals surface area contributed by atoms with Crippen molar-refractivity contribution in [2.75, 3.05) is 0 Å². The van der Waals surface area contributed by atoms with Crippen molar-refractivity contribution < 1.29 is 0 Å². The summed E-state index contributed by atoms with van der Waals surface area (Å²) >= 11 is 1.75. The van der Waals surface area contributed by atoms with E-state index in [4.69, 9.17) is 5.73 Å². The maximum atomic E-state index is 6.45. The maximum Gasteiger partial charge on any atom is 0.0384 e. The van der Waals surface area contributed by atoms with Crippen molar-refractivity contribution in [2.45, 2.75) is 38.6 Å². The van der Waals surface area contributed by atoms with Crippen LogP contribution in [0.2, 0.25) is 0 Å². The molecule has 0 aliphatic heterocycles. The topological polar surface area (TPSA) is 26.0 Å². The molecule has 0 spiro atoms. The zero-order chi connectivity index (χ0) is 13.0. The molecule has 2 rings (SSSR count). The van der Waals surface area contributed by atoms with Crippen LogP contribution in [0.3, 0.4) is 0 Å². The van der Waals surface area contributed by atoms with Gasteiger partial charge in [0.2, 0.25) is 0 Å². The highest BCUT2D eigenvalue weighted by molar-refractivity contribution is 7.07. The van der Waals surface area contributed by atoms with Gasteiger partial charge >= 0.3 is 0 Å². The Kier molecular flexibility index (Phi) is 4.20. The Bertz CT molecular complexity index is 468. The van der Waals surface area contributed by atoms with Crippen molar-refractivity contribution in [3.05, 3.63) is 57.8 Å². The van der Waals surface area contributed by atoms with Crippen LogP contribution in [0.4, 0.5) is 0 Å². The summed E-state index contributed by atoms with van der Waals surface area (Å²) in [5.74, 6) is 0. The molecule has 1 aromatic carbocycles. The van der Waals surface area contributed by atoms with Gasteiger partial charge in [0.15, 0.2) is 0 Å². The number of benzene rings is 1. The number of nitrogens with two attached hydrogens (primary N) is 1. The van der Waals surface area contributed by atoms with E-state index in [0.29, 0.717) is 0 Å². The molecule has 2 heteroatoms. The number of rotatable bonds is 5. The third-order valence-electron chi connectivity index (χ3n) is 3.53. The second kappa shape index (κ2) is 5.68. The molecule has 0 aliphatic rings. The minimum absolute atomic E-state index is 0.242. The molecule has 0 saturated heterocycles. The molecule has 1 atom stereocenters. The molecule has 0 fully saturated rings. The van der Waals surface area contributed by atoms with E-state index in [1.165, 1.54) is 16.7 Å². The zero-order valence-corrected chi connectivity index (χ0v) is 12.0. The highest BCUT2D eigenvalue weighted by Crippen LogP contribution is 2.24. The summed E-state index contributed by atoms with van der Waals surface area (Å²) < 4.78 is 0. The van der Waals surface area contributed by atoms with Crippen LogP contribution in [-0.4, -0.2) is 0 Å². The lowest BCUT2D eigenvalue weighted by molar-refractivity contribution is 0.453. The standard InChI is InChI=1S/C16H21NS/c1-3-13-4-6-15(7-5-13)16(2,17)10-8-14-9-11-18-12-14/h4-7,9,11-12H,3,8,10,17H2,1-2H3. The van der Waals surface area contributed by atoms with Gasteiger partial charge in [-0.25, -0.2) is 0 Å². The molecule has 2 N–H and O–H groups in total. The summed E-state index contributed by atoms with van der Waals surface area (Å²) in [6.07, 6.45) is 3.11. The Balaban J connectivity index is 2.04. The van der Waals surface area contributed by atoms with Crippen molar-refractivity contribution in [1.29, 1.82) is 0 Å². The fourth-order valence-corrected chi connectivity index (χ4v) is 2.81. The molecule has 0 bridgehead atoms. The normalized spacial score (nSPS) is 14.4. The van der Waals surface area contributed by atoms with Gasteiger partial charge in [-0.1, -0.05) is 31.2 Å². The lowest BCUT2D eigenvalue weighted by Crippen LogP contribution is -2.33. The van der Waals surface area contributed by atoms with Crippen LogP contribution >= 0.6 is 11.3 Å². The van der Waals surface area contributed by atoms with E-state index in [9.17, 15) is 0 Å². The lowest BCUT2D eigenvalue weighted by atomic mass is 9.87. The number of hydrogen-bond acceptors (Lipinski definition) is 2. The van der Waals surface area contributed by atoms with Gasteiger partial charge in [-0.15, -0.1) is 0 Å². The van der Waals surface area contributed by atoms with Crippen LogP contribution in [0.5, 0.6) is 0 Å². The van der Waals surface area contributed by atoms with Gasteiger partial charge in [-0.3, -0.25) is 0 Å². The maximum absolute atomic E-state index is 6.45. The minimum Gasteiger partial charge on any atom is -0.322 e. The van der Waals surface area contributed by atoms with Crippen LogP contribution in [-0.2, 0) is 18.4 Å². The van der Waals surface area contributed by atoms with Crippen molar-refractivity contribution in [3.63, 3.8) is 0 Å². The molecule has 0 radical (unpaired) electrons. The first-order valence-electron chi connectivity index (χ1n) is 6.51. The monoisotopic (exact) mass is 259 g/mol. The molecule has 0 amide bonds. The molecule has 0 saturated carbocycles. The van der Waals surface area contributed by atoms with Crippen LogP contribution in [0, 0.1) is 0 Å². The summed E-state index contributed by atoms with van der Waals surface area (Å²) in [5.41, 5.74) is 10.2. The second-order valence-corrected chi connectivity index (χ2v) is 5.88. The number of hydrogen-bond donors (Lipinski definition) is 1. The van der Waals surface area contributed by atoms with Gasteiger partial charge < -0.3 is 5.73 Å². The first kappa shape index (κ1) is 13.3. The summed E-state index contributed by atoms with van der Waals surface area (Å²) in [6, 6.07) is 10.9. The van der Waals surface area contributed by atoms with Crippen molar-refractivity contribution in [3.8, 4) is 0 Å². The SMILES string of the molecule is CCc1ccc(C(C)(N)CCc2ccsc2)cc1. The van der Waals surface area contributed by atoms with E-state index in [1.54, 1.807) is 11.3 Å². The van der Waals surface area contributed by atoms with Gasteiger partial charge in [0, 0.05) is 5.54 Å². The second-order valence-electron chi connectivity index (χ2n) is 5.10. The molecule has 1 aromatic heterocycles. The molecule has 1 heterocycles. The fraction of sp³-hybridized carbons (Fsp3) is 0.375. The van der Waals surface area contributed by atoms with E-state index in [2.05, 4.69) is 54.9 Å². The highest BCUT2D eigenvalue weighted by atomic mass is 32.1. The average molecular weight is 259 g/mol. The summed E-state index contributed by atoms with van der Waals surface area (Å²) in [5, 5.41) is 4.33. The predicted molar refractivity (Wildman–Crippen MR) is 80.0 cm³/mol. The van der Waals surface area contributed by atoms with Crippen LogP contribution in [0.15, 0.2) is 41.1 Å². The van der Waals surface area contributed by atoms with Gasteiger partial charge in [-0.05, 0) is 59.7 Å². The van der Waals surface area contributed by atoms with Crippen molar-refractivity contribution in [1.82, 2.24) is 0 Å². The first-order chi connectivity index (χ1) is 8.62. The Morgan fingerprint density at radius 1 is 1.11 bits per heavy atom. The highest BCUT2D eigenvalue weighted by Gasteiger charge is 2.20. The molecule has 0 aliphatic carbocycles. The van der Waals surface area contributed by atoms with Gasteiger partial charge in [0.05, 0.1) is 0 Å². The van der Waals surface area contributed by atoms with Gasteiger partial charge in [0.1, 0.15) is 0 Å². The molecule has 2 aromatic rings. The summed E-state index contributed by atoms with van der Waals surface area (Å²) in [6.45, 7) is 4.30. The Morgan fingerprint density at radius 2 is 1.83 bits per heavy atom. The smallest absolute Gasteiger partial charge is 0.0384 e. The molecular weight excluding hydrogens is 238 g/mol. The van der Waals surface area contributed by atoms with Crippen LogP contribution in [0.1, 0.15) is 37.0 Å². The van der Waals surface area contributed by atoms with Crippen LogP contribution < -0.4 is 5.73 Å². The van der Waals surface area contributed by atoms with E-state index < -0.39 is 0 Å². The van der Waals surface area contributed by atoms with E-state index in [-0.39, 0.29) is 5.54 Å². The number of aryl methyl sites for hydroxylation is 2. The minimum atomic E-state index is -0.242. The molecule has 1 unspecified atom stereocenters. The van der Waals surface area contributed by atoms with Crippen LogP contribution in [0.25, 0.3) is 0 Å². The third kappa shape index (κ3) is 3.21. The summed E-state index contributed by atoms with van der Waals surface area (Å²) in [7, 11) is 0. The van der Waals surface area contributed by atoms with Crippen molar-refractivity contribution in [2.24, 2.45) is 5.73 Å². The van der Waals surface area contributed by atoms with E-state index in [0.717, 1.165) is 19.3 Å². The Morgan fingerprint density at radius 3 is 2.39 bits per heavy atom. The third-order valence-corrected chi connectivity index (χ3v) is 4.27. The van der Waals surface area contributed by atoms with Crippen molar-refractivity contribution >= 4 is 11.3 Å². The predicted octanol–water partition coefficient (Wildman–Crippen LogP) is 4.12. The Labute approximate surface area is 114 Å². The largest absolute Gasteiger partial charge is 0.322 e. The molecular formula is C16H21NS. The van der Waals surface area contributed by atoms with Gasteiger partial charge in [0.25, 0.3) is 0 Å². The Hall–Kier alpha value is -1.12. The summed E-state index contributed by atoms with van der Waals surface area (Å²) in [4.78, 5) is 0.